The molecular formula is C15H11FN4O2S2. The van der Waals surface area contributed by atoms with Gasteiger partial charge in [0.2, 0.25) is 0 Å². The van der Waals surface area contributed by atoms with Gasteiger partial charge in [-0.1, -0.05) is 36.0 Å². The predicted molar refractivity (Wildman–Crippen MR) is 93.2 cm³/mol. The van der Waals surface area contributed by atoms with Crippen molar-refractivity contribution in [2.24, 2.45) is 5.10 Å². The molecule has 0 saturated carbocycles. The van der Waals surface area contributed by atoms with Crippen LogP contribution in [-0.4, -0.2) is 21.2 Å². The average Bonchev–Trinajstić information content (AvgIpc) is 3.13. The maximum atomic E-state index is 13.7. The van der Waals surface area contributed by atoms with Crippen molar-refractivity contribution in [2.45, 2.75) is 16.1 Å². The molecule has 1 atom stereocenters. The number of hydrogen-bond acceptors (Lipinski definition) is 7. The molecule has 0 amide bonds. The van der Waals surface area contributed by atoms with E-state index in [0.717, 1.165) is 5.69 Å². The summed E-state index contributed by atoms with van der Waals surface area (Å²) in [7, 11) is 0. The van der Waals surface area contributed by atoms with Gasteiger partial charge in [0, 0.05) is 11.8 Å². The zero-order chi connectivity index (χ0) is 16.7. The summed E-state index contributed by atoms with van der Waals surface area (Å²) in [5, 5.41) is 15.5. The number of fused-ring (bicyclic) bond motifs is 3. The van der Waals surface area contributed by atoms with Gasteiger partial charge in [-0.2, -0.15) is 5.10 Å². The second kappa shape index (κ2) is 5.99. The molecule has 0 radical (unpaired) electrons. The minimum atomic E-state index is -0.373. The number of nitro groups is 1. The van der Waals surface area contributed by atoms with Gasteiger partial charge in [0.1, 0.15) is 17.1 Å². The van der Waals surface area contributed by atoms with Crippen LogP contribution < -0.4 is 4.90 Å². The molecule has 24 heavy (non-hydrogen) atoms. The van der Waals surface area contributed by atoms with Crippen LogP contribution in [0.1, 0.15) is 5.56 Å². The summed E-state index contributed by atoms with van der Waals surface area (Å²) in [5.41, 5.74) is 1.27. The van der Waals surface area contributed by atoms with Gasteiger partial charge in [-0.3, -0.25) is 15.0 Å². The first-order valence-corrected chi connectivity index (χ1v) is 8.89. The standard InChI is InChI=1S/C15H11FN4O2S2/c16-11-5-2-1-4-10(11)8-23-19-15-18(9-17-19)12-6-3-7-13(20(21)22)14(12)24-15/h1-7,9,15H,8H2. The fourth-order valence-corrected chi connectivity index (χ4v) is 4.89. The Bertz CT molecular complexity index is 848. The molecule has 9 heteroatoms. The fraction of sp³-hybridized carbons (Fsp3) is 0.133. The highest BCUT2D eigenvalue weighted by molar-refractivity contribution is 8.02. The van der Waals surface area contributed by atoms with Crippen LogP contribution in [-0.2, 0) is 5.75 Å². The number of nitro benzene ring substituents is 1. The Labute approximate surface area is 145 Å². The minimum absolute atomic E-state index is 0.0966. The molecule has 2 heterocycles. The zero-order valence-electron chi connectivity index (χ0n) is 12.2. The van der Waals surface area contributed by atoms with Crippen LogP contribution in [0.2, 0.25) is 0 Å². The number of benzene rings is 2. The molecule has 0 spiro atoms. The molecule has 2 aliphatic rings. The first-order chi connectivity index (χ1) is 11.6. The lowest BCUT2D eigenvalue weighted by Gasteiger charge is -2.22. The van der Waals surface area contributed by atoms with Crippen LogP contribution >= 0.6 is 23.7 Å². The Hall–Kier alpha value is -2.26. The molecule has 0 bridgehead atoms. The van der Waals surface area contributed by atoms with Crippen LogP contribution in [0.4, 0.5) is 15.8 Å². The summed E-state index contributed by atoms with van der Waals surface area (Å²) in [6.07, 6.45) is 1.65. The second-order valence-electron chi connectivity index (χ2n) is 5.13. The lowest BCUT2D eigenvalue weighted by molar-refractivity contribution is -0.387. The first kappa shape index (κ1) is 15.3. The number of nitrogens with zero attached hydrogens (tertiary/aromatic N) is 4. The minimum Gasteiger partial charge on any atom is -0.297 e. The summed E-state index contributed by atoms with van der Waals surface area (Å²) in [6.45, 7) is 0. The highest BCUT2D eigenvalue weighted by Crippen LogP contribution is 2.51. The van der Waals surface area contributed by atoms with Crippen molar-refractivity contribution in [1.82, 2.24) is 4.41 Å². The highest BCUT2D eigenvalue weighted by Gasteiger charge is 2.41. The summed E-state index contributed by atoms with van der Waals surface area (Å²) < 4.78 is 15.5. The number of hydrogen-bond donors (Lipinski definition) is 0. The van der Waals surface area contributed by atoms with Crippen molar-refractivity contribution < 1.29 is 9.31 Å². The second-order valence-corrected chi connectivity index (χ2v) is 7.12. The third-order valence-electron chi connectivity index (χ3n) is 3.70. The van der Waals surface area contributed by atoms with Crippen molar-refractivity contribution in [3.63, 3.8) is 0 Å². The van der Waals surface area contributed by atoms with Gasteiger partial charge in [-0.05, 0) is 29.6 Å². The molecule has 0 aliphatic carbocycles. The maximum absolute atomic E-state index is 13.7. The van der Waals surface area contributed by atoms with Crippen LogP contribution in [0.5, 0.6) is 0 Å². The quantitative estimate of drug-likeness (QED) is 0.465. The average molecular weight is 362 g/mol. The maximum Gasteiger partial charge on any atom is 0.285 e. The molecule has 2 aromatic carbocycles. The molecule has 122 valence electrons. The van der Waals surface area contributed by atoms with E-state index in [2.05, 4.69) is 5.10 Å². The lowest BCUT2D eigenvalue weighted by Crippen LogP contribution is -2.30. The SMILES string of the molecule is O=[N+]([O-])c1cccc2c1SC1N(SCc3ccccc3F)N=CN21. The molecule has 2 aromatic rings. The van der Waals surface area contributed by atoms with E-state index in [-0.39, 0.29) is 21.9 Å². The number of thioether (sulfide) groups is 1. The number of rotatable bonds is 4. The highest BCUT2D eigenvalue weighted by atomic mass is 32.2. The molecule has 4 rings (SSSR count). The molecule has 6 nitrogen and oxygen atoms in total. The predicted octanol–water partition coefficient (Wildman–Crippen LogP) is 4.04. The topological polar surface area (TPSA) is 62.0 Å². The van der Waals surface area contributed by atoms with E-state index in [1.165, 1.54) is 35.8 Å². The van der Waals surface area contributed by atoms with Crippen molar-refractivity contribution in [2.75, 3.05) is 4.90 Å². The Morgan fingerprint density at radius 1 is 1.29 bits per heavy atom. The normalized spacial score (nSPS) is 18.0. The van der Waals surface area contributed by atoms with Crippen molar-refractivity contribution in [1.29, 1.82) is 0 Å². The molecular weight excluding hydrogens is 351 g/mol. The Morgan fingerprint density at radius 3 is 2.92 bits per heavy atom. The van der Waals surface area contributed by atoms with Gasteiger partial charge in [-0.15, -0.1) is 0 Å². The van der Waals surface area contributed by atoms with Gasteiger partial charge in [0.05, 0.1) is 10.6 Å². The fourth-order valence-electron chi connectivity index (χ4n) is 2.54. The summed E-state index contributed by atoms with van der Waals surface area (Å²) >= 11 is 2.76. The van der Waals surface area contributed by atoms with Crippen LogP contribution in [0.15, 0.2) is 52.5 Å². The molecule has 0 saturated heterocycles. The molecule has 2 aliphatic heterocycles. The van der Waals surface area contributed by atoms with Crippen LogP contribution in [0.25, 0.3) is 0 Å². The first-order valence-electron chi connectivity index (χ1n) is 7.07. The third-order valence-corrected chi connectivity index (χ3v) is 6.12. The summed E-state index contributed by atoms with van der Waals surface area (Å²) in [6, 6.07) is 11.6. The molecule has 0 N–H and O–H groups in total. The largest absolute Gasteiger partial charge is 0.297 e. The number of hydrazone groups is 1. The van der Waals surface area contributed by atoms with E-state index in [1.54, 1.807) is 35.0 Å². The number of halogens is 1. The Morgan fingerprint density at radius 2 is 2.12 bits per heavy atom. The third kappa shape index (κ3) is 2.49. The van der Waals surface area contributed by atoms with E-state index in [1.807, 2.05) is 11.0 Å². The van der Waals surface area contributed by atoms with Gasteiger partial charge in [0.25, 0.3) is 5.69 Å². The van der Waals surface area contributed by atoms with Gasteiger partial charge in [-0.25, -0.2) is 8.80 Å². The van der Waals surface area contributed by atoms with E-state index >= 15 is 0 Å². The van der Waals surface area contributed by atoms with Gasteiger partial charge < -0.3 is 0 Å². The lowest BCUT2D eigenvalue weighted by atomic mass is 10.2. The Balaban J connectivity index is 1.53. The van der Waals surface area contributed by atoms with Gasteiger partial charge in [0.15, 0.2) is 5.50 Å². The van der Waals surface area contributed by atoms with E-state index in [0.29, 0.717) is 16.2 Å². The zero-order valence-corrected chi connectivity index (χ0v) is 13.8. The monoisotopic (exact) mass is 362 g/mol. The van der Waals surface area contributed by atoms with Crippen LogP contribution in [0, 0.1) is 15.9 Å². The van der Waals surface area contributed by atoms with Gasteiger partial charge >= 0.3 is 0 Å². The molecule has 1 unspecified atom stereocenters. The summed E-state index contributed by atoms with van der Waals surface area (Å²) in [4.78, 5) is 13.3. The molecule has 0 aromatic heterocycles. The van der Waals surface area contributed by atoms with E-state index < -0.39 is 0 Å². The van der Waals surface area contributed by atoms with E-state index in [4.69, 9.17) is 0 Å². The smallest absolute Gasteiger partial charge is 0.285 e. The molecule has 0 fully saturated rings. The van der Waals surface area contributed by atoms with Crippen LogP contribution in [0.3, 0.4) is 0 Å². The van der Waals surface area contributed by atoms with Crippen molar-refractivity contribution >= 4 is 41.4 Å². The van der Waals surface area contributed by atoms with E-state index in [9.17, 15) is 14.5 Å². The summed E-state index contributed by atoms with van der Waals surface area (Å²) in [5.74, 6) is 0.191. The Kier molecular flexibility index (Phi) is 3.81. The van der Waals surface area contributed by atoms with Crippen molar-refractivity contribution in [3.05, 3.63) is 64.0 Å². The number of anilines is 1. The van der Waals surface area contributed by atoms with Crippen molar-refractivity contribution in [3.8, 4) is 0 Å².